The molecule has 0 amide bonds. The van der Waals surface area contributed by atoms with Gasteiger partial charge < -0.3 is 23.4 Å². The van der Waals surface area contributed by atoms with Crippen LogP contribution in [-0.2, 0) is 39.7 Å². The van der Waals surface area contributed by atoms with Gasteiger partial charge in [-0.05, 0) is 60.6 Å². The summed E-state index contributed by atoms with van der Waals surface area (Å²) in [6.07, 6.45) is 1.15. The third-order valence-corrected chi connectivity index (χ3v) is 12.0. The van der Waals surface area contributed by atoms with Crippen LogP contribution in [0.25, 0.3) is 44.0 Å². The Labute approximate surface area is 347 Å². The van der Waals surface area contributed by atoms with Crippen molar-refractivity contribution in [3.8, 4) is 22.8 Å². The van der Waals surface area contributed by atoms with Crippen LogP contribution in [0.1, 0.15) is 16.8 Å². The molecule has 0 bridgehead atoms. The maximum atomic E-state index is 12.2. The van der Waals surface area contributed by atoms with E-state index in [9.17, 15) is 21.6 Å². The number of rotatable bonds is 7. The highest BCUT2D eigenvalue weighted by molar-refractivity contribution is 7.86. The van der Waals surface area contributed by atoms with Crippen LogP contribution in [0.15, 0.2) is 159 Å². The number of para-hydroxylation sites is 1. The molecule has 0 unspecified atom stereocenters. The van der Waals surface area contributed by atoms with Crippen LogP contribution in [0, 0.1) is 0 Å². The maximum absolute atomic E-state index is 12.2. The second kappa shape index (κ2) is 17.5. The first-order valence-corrected chi connectivity index (χ1v) is 21.7. The van der Waals surface area contributed by atoms with Gasteiger partial charge in [0, 0.05) is 71.1 Å². The van der Waals surface area contributed by atoms with Gasteiger partial charge in [0.05, 0.1) is 19.6 Å². The SMILES string of the molecule is CN1CCc2c(c3ccccc3n2Cc2ccccc2)C1.COc1cccc(-c2cc(=O)c3ccc(OC)cc3o2)c1.O=S(=O)(O)c1cccc2c(S(=O)(=O)O)cccc12. The van der Waals surface area contributed by atoms with Gasteiger partial charge in [0.2, 0.25) is 0 Å². The lowest BCUT2D eigenvalue weighted by atomic mass is 10.1. The first kappa shape index (κ1) is 41.9. The first-order valence-electron chi connectivity index (χ1n) is 18.8. The van der Waals surface area contributed by atoms with Gasteiger partial charge in [0.25, 0.3) is 20.2 Å². The van der Waals surface area contributed by atoms with Gasteiger partial charge in [0.1, 0.15) is 32.6 Å². The molecular weight excluding hydrogens is 805 g/mol. The van der Waals surface area contributed by atoms with E-state index in [1.165, 1.54) is 58.1 Å². The molecule has 0 fully saturated rings. The summed E-state index contributed by atoms with van der Waals surface area (Å²) in [5.41, 5.74) is 7.00. The van der Waals surface area contributed by atoms with E-state index in [4.69, 9.17) is 23.0 Å². The van der Waals surface area contributed by atoms with Crippen molar-refractivity contribution in [3.05, 3.63) is 167 Å². The molecule has 14 heteroatoms. The molecule has 6 aromatic carbocycles. The third kappa shape index (κ3) is 9.13. The van der Waals surface area contributed by atoms with Crippen molar-refractivity contribution in [1.29, 1.82) is 0 Å². The zero-order valence-electron chi connectivity index (χ0n) is 33.0. The summed E-state index contributed by atoms with van der Waals surface area (Å²) in [6.45, 7) is 3.19. The highest BCUT2D eigenvalue weighted by atomic mass is 32.2. The number of aromatic nitrogens is 1. The van der Waals surface area contributed by atoms with E-state index < -0.39 is 30.0 Å². The van der Waals surface area contributed by atoms with E-state index in [0.717, 1.165) is 43.8 Å². The topological polar surface area (TPSA) is 166 Å². The van der Waals surface area contributed by atoms with Crippen molar-refractivity contribution in [3.63, 3.8) is 0 Å². The Morgan fingerprint density at radius 2 is 1.25 bits per heavy atom. The van der Waals surface area contributed by atoms with Gasteiger partial charge in [-0.15, -0.1) is 0 Å². The molecule has 0 saturated carbocycles. The lowest BCUT2D eigenvalue weighted by molar-refractivity contribution is 0.310. The number of methoxy groups -OCH3 is 2. The van der Waals surface area contributed by atoms with Crippen molar-refractivity contribution in [2.24, 2.45) is 0 Å². The van der Waals surface area contributed by atoms with E-state index in [-0.39, 0.29) is 16.2 Å². The standard InChI is InChI=1S/C19H20N2.C17H14O4.C10H8O6S2/c1-20-12-11-19-17(14-20)16-9-5-6-10-18(16)21(19)13-15-7-3-2-4-8-15;1-19-12-5-3-4-11(8-12)16-10-15(18)14-7-6-13(20-2)9-17(14)21-16;11-17(12,13)9-5-1-3-7-8(9)4-2-6-10(7)18(14,15)16/h2-10H,11-14H2,1H3;3-10H,1-2H3;1-6H,(H,11,12,13)(H,14,15,16). The Morgan fingerprint density at radius 1 is 0.650 bits per heavy atom. The van der Waals surface area contributed by atoms with E-state index in [1.807, 2.05) is 24.3 Å². The largest absolute Gasteiger partial charge is 0.497 e. The second-order valence-electron chi connectivity index (χ2n) is 14.1. The summed E-state index contributed by atoms with van der Waals surface area (Å²) in [7, 11) is -3.55. The zero-order chi connectivity index (χ0) is 42.6. The minimum atomic E-state index is -4.47. The van der Waals surface area contributed by atoms with Crippen LogP contribution in [0.3, 0.4) is 0 Å². The number of likely N-dealkylation sites (N-methyl/N-ethyl adjacent to an activating group) is 1. The second-order valence-corrected chi connectivity index (χ2v) is 16.9. The van der Waals surface area contributed by atoms with Crippen LogP contribution in [0.2, 0.25) is 0 Å². The third-order valence-electron chi connectivity index (χ3n) is 10.2. The number of ether oxygens (including phenoxy) is 2. The number of fused-ring (bicyclic) bond motifs is 5. The van der Waals surface area contributed by atoms with Crippen molar-refractivity contribution in [2.45, 2.75) is 29.3 Å². The zero-order valence-corrected chi connectivity index (χ0v) is 34.6. The normalized spacial score (nSPS) is 12.9. The van der Waals surface area contributed by atoms with Gasteiger partial charge in [-0.1, -0.05) is 84.9 Å². The summed E-state index contributed by atoms with van der Waals surface area (Å²) in [5, 5.41) is 2.00. The molecule has 9 rings (SSSR count). The quantitative estimate of drug-likeness (QED) is 0.148. The molecular formula is C46H42N2O10S2. The smallest absolute Gasteiger partial charge is 0.295 e. The van der Waals surface area contributed by atoms with Gasteiger partial charge in [0.15, 0.2) is 5.43 Å². The lowest BCUT2D eigenvalue weighted by Gasteiger charge is -2.24. The average Bonchev–Trinajstić information content (AvgIpc) is 3.55. The molecule has 308 valence electrons. The van der Waals surface area contributed by atoms with Crippen LogP contribution < -0.4 is 14.9 Å². The summed E-state index contributed by atoms with van der Waals surface area (Å²) < 4.78 is 81.4. The molecule has 1 aliphatic rings. The van der Waals surface area contributed by atoms with Crippen LogP contribution in [-0.4, -0.2) is 63.2 Å². The Bertz CT molecular complexity index is 3050. The summed E-state index contributed by atoms with van der Waals surface area (Å²) in [6, 6.07) is 41.2. The average molecular weight is 847 g/mol. The predicted molar refractivity (Wildman–Crippen MR) is 232 cm³/mol. The van der Waals surface area contributed by atoms with Crippen molar-refractivity contribution in [2.75, 3.05) is 27.8 Å². The van der Waals surface area contributed by atoms with E-state index >= 15 is 0 Å². The van der Waals surface area contributed by atoms with Crippen LogP contribution in [0.4, 0.5) is 0 Å². The van der Waals surface area contributed by atoms with E-state index in [1.54, 1.807) is 32.4 Å². The molecule has 0 radical (unpaired) electrons. The number of nitrogens with zero attached hydrogens (tertiary/aromatic N) is 2. The van der Waals surface area contributed by atoms with Crippen LogP contribution in [0.5, 0.6) is 11.5 Å². The molecule has 60 heavy (non-hydrogen) atoms. The van der Waals surface area contributed by atoms with Crippen LogP contribution >= 0.6 is 0 Å². The molecule has 0 saturated heterocycles. The Kier molecular flexibility index (Phi) is 12.2. The van der Waals surface area contributed by atoms with Gasteiger partial charge >= 0.3 is 0 Å². The monoisotopic (exact) mass is 846 g/mol. The molecule has 2 aromatic heterocycles. The molecule has 1 aliphatic heterocycles. The lowest BCUT2D eigenvalue weighted by Crippen LogP contribution is -2.27. The van der Waals surface area contributed by atoms with E-state index in [0.29, 0.717) is 28.2 Å². The molecule has 12 nitrogen and oxygen atoms in total. The minimum absolute atomic E-state index is 0.0233. The number of hydrogen-bond acceptors (Lipinski definition) is 9. The fourth-order valence-electron chi connectivity index (χ4n) is 7.37. The fraction of sp³-hybridized carbons (Fsp3) is 0.152. The van der Waals surface area contributed by atoms with E-state index in [2.05, 4.69) is 71.1 Å². The summed E-state index contributed by atoms with van der Waals surface area (Å²) in [4.78, 5) is 13.8. The Hall–Kier alpha value is -6.29. The fourth-order valence-corrected chi connectivity index (χ4v) is 8.78. The minimum Gasteiger partial charge on any atom is -0.497 e. The number of benzene rings is 6. The molecule has 3 heterocycles. The Balaban J connectivity index is 0.000000137. The summed E-state index contributed by atoms with van der Waals surface area (Å²) in [5.74, 6) is 1.86. The predicted octanol–water partition coefficient (Wildman–Crippen LogP) is 8.49. The van der Waals surface area contributed by atoms with Crippen molar-refractivity contribution < 1.29 is 39.8 Å². The molecule has 2 N–H and O–H groups in total. The van der Waals surface area contributed by atoms with Gasteiger partial charge in [-0.2, -0.15) is 16.8 Å². The molecule has 0 atom stereocenters. The first-order chi connectivity index (χ1) is 28.7. The van der Waals surface area contributed by atoms with Crippen molar-refractivity contribution in [1.82, 2.24) is 9.47 Å². The highest BCUT2D eigenvalue weighted by Gasteiger charge is 2.22. The summed E-state index contributed by atoms with van der Waals surface area (Å²) >= 11 is 0. The van der Waals surface area contributed by atoms with Crippen molar-refractivity contribution >= 4 is 52.9 Å². The molecule has 0 aliphatic carbocycles. The molecule has 0 spiro atoms. The Morgan fingerprint density at radius 3 is 1.90 bits per heavy atom. The number of hydrogen-bond donors (Lipinski definition) is 2. The highest BCUT2D eigenvalue weighted by Crippen LogP contribution is 2.32. The van der Waals surface area contributed by atoms with Gasteiger partial charge in [-0.3, -0.25) is 13.9 Å². The maximum Gasteiger partial charge on any atom is 0.295 e. The molecule has 8 aromatic rings. The van der Waals surface area contributed by atoms with Gasteiger partial charge in [-0.25, -0.2) is 0 Å².